The number of ether oxygens (including phenoxy) is 2. The summed E-state index contributed by atoms with van der Waals surface area (Å²) in [6, 6.07) is 19.1. The molecule has 33 heavy (non-hydrogen) atoms. The van der Waals surface area contributed by atoms with Gasteiger partial charge in [-0.15, -0.1) is 0 Å². The molecule has 2 amide bonds. The summed E-state index contributed by atoms with van der Waals surface area (Å²) in [4.78, 5) is 18.6. The first-order chi connectivity index (χ1) is 16.2. The number of benzene rings is 3. The zero-order valence-corrected chi connectivity index (χ0v) is 17.8. The number of halogens is 1. The second kappa shape index (κ2) is 7.85. The van der Waals surface area contributed by atoms with Crippen molar-refractivity contribution in [1.29, 1.82) is 0 Å². The van der Waals surface area contributed by atoms with Gasteiger partial charge in [0.15, 0.2) is 11.5 Å². The van der Waals surface area contributed by atoms with Crippen LogP contribution in [0.25, 0.3) is 10.9 Å². The number of carbonyl (C=O) groups is 1. The third-order valence-corrected chi connectivity index (χ3v) is 6.29. The molecule has 3 aromatic carbocycles. The second-order valence-corrected chi connectivity index (χ2v) is 8.22. The monoisotopic (exact) mass is 443 g/mol. The smallest absolute Gasteiger partial charge is 0.322 e. The Morgan fingerprint density at radius 2 is 1.79 bits per heavy atom. The van der Waals surface area contributed by atoms with Gasteiger partial charge in [-0.3, -0.25) is 0 Å². The number of urea groups is 1. The average Bonchev–Trinajstić information content (AvgIpc) is 3.23. The van der Waals surface area contributed by atoms with Crippen LogP contribution >= 0.6 is 0 Å². The van der Waals surface area contributed by atoms with E-state index in [1.165, 1.54) is 6.07 Å². The Morgan fingerprint density at radius 1 is 1.00 bits per heavy atom. The minimum atomic E-state index is -0.570. The zero-order chi connectivity index (χ0) is 22.4. The standard InChI is InChI=1S/C26H22FN3O3/c27-20-7-3-1-6-19(20)25-24-18(17-5-2-4-8-21(17)29-24)11-12-30(25)26(31)28-16-9-10-22-23(15-16)33-14-13-32-22/h1-10,15,25,29H,11-14H2,(H,28,31). The number of anilines is 1. The topological polar surface area (TPSA) is 66.6 Å². The number of para-hydroxylation sites is 1. The molecule has 4 aromatic rings. The molecule has 6 rings (SSSR count). The normalized spacial score (nSPS) is 17.0. The lowest BCUT2D eigenvalue weighted by atomic mass is 9.92. The van der Waals surface area contributed by atoms with E-state index in [2.05, 4.69) is 16.4 Å². The Kier molecular flexibility index (Phi) is 4.68. The number of carbonyl (C=O) groups excluding carboxylic acids is 1. The molecule has 0 saturated heterocycles. The Balaban J connectivity index is 1.39. The van der Waals surface area contributed by atoms with Crippen LogP contribution in [0.15, 0.2) is 66.7 Å². The number of nitrogens with one attached hydrogen (secondary N) is 2. The van der Waals surface area contributed by atoms with Crippen molar-refractivity contribution in [2.75, 3.05) is 25.1 Å². The highest BCUT2D eigenvalue weighted by Crippen LogP contribution is 2.40. The largest absolute Gasteiger partial charge is 0.486 e. The minimum Gasteiger partial charge on any atom is -0.486 e. The van der Waals surface area contributed by atoms with E-state index in [0.29, 0.717) is 48.9 Å². The van der Waals surface area contributed by atoms with Gasteiger partial charge in [0.2, 0.25) is 0 Å². The summed E-state index contributed by atoms with van der Waals surface area (Å²) in [5.41, 5.74) is 4.02. The Hall–Kier alpha value is -4.00. The number of aromatic amines is 1. The number of nitrogens with zero attached hydrogens (tertiary/aromatic N) is 1. The molecule has 3 heterocycles. The lowest BCUT2D eigenvalue weighted by Crippen LogP contribution is -2.43. The van der Waals surface area contributed by atoms with Crippen molar-refractivity contribution in [1.82, 2.24) is 9.88 Å². The van der Waals surface area contributed by atoms with Gasteiger partial charge in [-0.25, -0.2) is 9.18 Å². The lowest BCUT2D eigenvalue weighted by Gasteiger charge is -2.36. The molecule has 0 bridgehead atoms. The van der Waals surface area contributed by atoms with Gasteiger partial charge in [0.1, 0.15) is 25.1 Å². The first-order valence-corrected chi connectivity index (χ1v) is 11.0. The van der Waals surface area contributed by atoms with E-state index in [-0.39, 0.29) is 11.8 Å². The van der Waals surface area contributed by atoms with Gasteiger partial charge in [-0.2, -0.15) is 0 Å². The van der Waals surface area contributed by atoms with Gasteiger partial charge >= 0.3 is 6.03 Å². The van der Waals surface area contributed by atoms with Crippen molar-refractivity contribution in [2.45, 2.75) is 12.5 Å². The molecule has 2 aliphatic heterocycles. The van der Waals surface area contributed by atoms with Crippen LogP contribution in [-0.2, 0) is 6.42 Å². The number of rotatable bonds is 2. The average molecular weight is 443 g/mol. The maximum atomic E-state index is 15.0. The predicted octanol–water partition coefficient (Wildman–Crippen LogP) is 5.26. The highest BCUT2D eigenvalue weighted by atomic mass is 19.1. The Morgan fingerprint density at radius 3 is 2.67 bits per heavy atom. The fourth-order valence-corrected chi connectivity index (χ4v) is 4.80. The quantitative estimate of drug-likeness (QED) is 0.444. The summed E-state index contributed by atoms with van der Waals surface area (Å²) in [6.45, 7) is 1.43. The third kappa shape index (κ3) is 3.36. The summed E-state index contributed by atoms with van der Waals surface area (Å²) in [7, 11) is 0. The molecule has 0 spiro atoms. The molecule has 2 N–H and O–H groups in total. The minimum absolute atomic E-state index is 0.302. The van der Waals surface area contributed by atoms with E-state index in [9.17, 15) is 9.18 Å². The predicted molar refractivity (Wildman–Crippen MR) is 123 cm³/mol. The van der Waals surface area contributed by atoms with E-state index in [1.807, 2.05) is 18.2 Å². The molecule has 6 nitrogen and oxygen atoms in total. The van der Waals surface area contributed by atoms with E-state index in [0.717, 1.165) is 22.2 Å². The van der Waals surface area contributed by atoms with Crippen molar-refractivity contribution < 1.29 is 18.7 Å². The van der Waals surface area contributed by atoms with Crippen LogP contribution in [0.1, 0.15) is 22.9 Å². The Labute approximate surface area is 189 Å². The maximum Gasteiger partial charge on any atom is 0.322 e. The molecule has 1 unspecified atom stereocenters. The van der Waals surface area contributed by atoms with E-state index in [1.54, 1.807) is 41.3 Å². The highest BCUT2D eigenvalue weighted by molar-refractivity contribution is 5.92. The molecule has 1 atom stereocenters. The maximum absolute atomic E-state index is 15.0. The van der Waals surface area contributed by atoms with E-state index < -0.39 is 6.04 Å². The fourth-order valence-electron chi connectivity index (χ4n) is 4.80. The summed E-state index contributed by atoms with van der Waals surface area (Å²) in [6.07, 6.45) is 0.679. The number of amides is 2. The number of hydrogen-bond donors (Lipinski definition) is 2. The van der Waals surface area contributed by atoms with Gasteiger partial charge in [-0.1, -0.05) is 36.4 Å². The molecule has 0 fully saturated rings. The van der Waals surface area contributed by atoms with Gasteiger partial charge in [0.25, 0.3) is 0 Å². The van der Waals surface area contributed by atoms with Crippen molar-refractivity contribution in [2.24, 2.45) is 0 Å². The highest BCUT2D eigenvalue weighted by Gasteiger charge is 2.36. The van der Waals surface area contributed by atoms with E-state index >= 15 is 0 Å². The van der Waals surface area contributed by atoms with Crippen molar-refractivity contribution in [3.63, 3.8) is 0 Å². The van der Waals surface area contributed by atoms with Crippen LogP contribution in [0.4, 0.5) is 14.9 Å². The van der Waals surface area contributed by atoms with Crippen LogP contribution in [0.3, 0.4) is 0 Å². The summed E-state index contributed by atoms with van der Waals surface area (Å²) < 4.78 is 26.2. The summed E-state index contributed by atoms with van der Waals surface area (Å²) >= 11 is 0. The number of hydrogen-bond acceptors (Lipinski definition) is 3. The third-order valence-electron chi connectivity index (χ3n) is 6.29. The Bertz CT molecular complexity index is 1370. The van der Waals surface area contributed by atoms with Crippen LogP contribution in [-0.4, -0.2) is 35.7 Å². The molecular weight excluding hydrogens is 421 g/mol. The first kappa shape index (κ1) is 19.7. The molecule has 0 aliphatic carbocycles. The summed E-state index contributed by atoms with van der Waals surface area (Å²) in [5.74, 6) is 0.913. The molecule has 166 valence electrons. The van der Waals surface area contributed by atoms with Crippen LogP contribution in [0.2, 0.25) is 0 Å². The lowest BCUT2D eigenvalue weighted by molar-refractivity contribution is 0.171. The van der Waals surface area contributed by atoms with Crippen LogP contribution < -0.4 is 14.8 Å². The van der Waals surface area contributed by atoms with Crippen molar-refractivity contribution in [3.8, 4) is 11.5 Å². The molecule has 7 heteroatoms. The van der Waals surface area contributed by atoms with Crippen molar-refractivity contribution >= 4 is 22.6 Å². The zero-order valence-electron chi connectivity index (χ0n) is 17.8. The fraction of sp³-hybridized carbons (Fsp3) is 0.192. The number of H-pyrrole nitrogens is 1. The van der Waals surface area contributed by atoms with Crippen LogP contribution in [0.5, 0.6) is 11.5 Å². The van der Waals surface area contributed by atoms with Gasteiger partial charge in [-0.05, 0) is 36.2 Å². The van der Waals surface area contributed by atoms with Gasteiger partial charge < -0.3 is 24.7 Å². The number of aromatic nitrogens is 1. The molecule has 0 radical (unpaired) electrons. The van der Waals surface area contributed by atoms with Gasteiger partial charge in [0, 0.05) is 40.5 Å². The SMILES string of the molecule is O=C(Nc1ccc2c(c1)OCCO2)N1CCc2c([nH]c3ccccc23)C1c1ccccc1F. The van der Waals surface area contributed by atoms with E-state index in [4.69, 9.17) is 9.47 Å². The number of fused-ring (bicyclic) bond motifs is 4. The molecule has 2 aliphatic rings. The molecular formula is C26H22FN3O3. The molecule has 1 aromatic heterocycles. The van der Waals surface area contributed by atoms with Gasteiger partial charge in [0.05, 0.1) is 0 Å². The molecule has 0 saturated carbocycles. The first-order valence-electron chi connectivity index (χ1n) is 11.0. The van der Waals surface area contributed by atoms with Crippen molar-refractivity contribution in [3.05, 3.63) is 89.4 Å². The van der Waals surface area contributed by atoms with Crippen LogP contribution in [0, 0.1) is 5.82 Å². The summed E-state index contributed by atoms with van der Waals surface area (Å²) in [5, 5.41) is 4.07. The second-order valence-electron chi connectivity index (χ2n) is 8.22.